The Bertz CT molecular complexity index is 399. The van der Waals surface area contributed by atoms with Gasteiger partial charge in [-0.1, -0.05) is 19.1 Å². The maximum atomic E-state index is 13.4. The van der Waals surface area contributed by atoms with Gasteiger partial charge in [-0.25, -0.2) is 9.18 Å². The van der Waals surface area contributed by atoms with Crippen LogP contribution in [0.3, 0.4) is 0 Å². The summed E-state index contributed by atoms with van der Waals surface area (Å²) in [6.07, 6.45) is 3.03. The molecule has 0 aliphatic heterocycles. The highest BCUT2D eigenvalue weighted by molar-refractivity contribution is 5.85. The fraction of sp³-hybridized carbons (Fsp3) is 0.250. The largest absolute Gasteiger partial charge is 0.490 e. The van der Waals surface area contributed by atoms with Crippen LogP contribution in [0.15, 0.2) is 24.3 Å². The molecule has 0 amide bonds. The molecule has 1 aromatic rings. The summed E-state index contributed by atoms with van der Waals surface area (Å²) in [5.74, 6) is -1.46. The van der Waals surface area contributed by atoms with Gasteiger partial charge in [-0.05, 0) is 18.6 Å². The average molecular weight is 224 g/mol. The number of carbonyl (C=O) groups is 1. The van der Waals surface area contributed by atoms with Gasteiger partial charge in [-0.15, -0.1) is 0 Å². The smallest absolute Gasteiger partial charge is 0.328 e. The second-order valence-corrected chi connectivity index (χ2v) is 3.18. The molecule has 1 aromatic carbocycles. The van der Waals surface area contributed by atoms with E-state index in [1.807, 2.05) is 6.92 Å². The molecule has 0 fully saturated rings. The lowest BCUT2D eigenvalue weighted by atomic mass is 10.2. The first kappa shape index (κ1) is 12.2. The summed E-state index contributed by atoms with van der Waals surface area (Å²) in [5, 5.41) is 8.49. The van der Waals surface area contributed by atoms with Crippen molar-refractivity contribution in [3.8, 4) is 5.75 Å². The van der Waals surface area contributed by atoms with E-state index in [4.69, 9.17) is 9.84 Å². The Morgan fingerprint density at radius 3 is 2.94 bits per heavy atom. The lowest BCUT2D eigenvalue weighted by Gasteiger charge is -2.08. The minimum Gasteiger partial charge on any atom is -0.490 e. The molecule has 1 N–H and O–H groups in total. The molecular formula is C12H13FO3. The molecule has 0 bridgehead atoms. The quantitative estimate of drug-likeness (QED) is 0.782. The fourth-order valence-corrected chi connectivity index (χ4v) is 1.17. The number of para-hydroxylation sites is 1. The highest BCUT2D eigenvalue weighted by Gasteiger charge is 2.07. The molecule has 0 spiro atoms. The van der Waals surface area contributed by atoms with E-state index < -0.39 is 11.8 Å². The summed E-state index contributed by atoms with van der Waals surface area (Å²) in [6.45, 7) is 2.31. The van der Waals surface area contributed by atoms with Crippen LogP contribution < -0.4 is 4.74 Å². The van der Waals surface area contributed by atoms with Crippen LogP contribution in [0.2, 0.25) is 0 Å². The number of hydrogen-bond acceptors (Lipinski definition) is 2. The summed E-state index contributed by atoms with van der Waals surface area (Å²) in [7, 11) is 0. The molecule has 0 atom stereocenters. The van der Waals surface area contributed by atoms with Crippen molar-refractivity contribution in [2.75, 3.05) is 6.61 Å². The number of aliphatic carboxylic acids is 1. The van der Waals surface area contributed by atoms with Gasteiger partial charge in [0, 0.05) is 11.6 Å². The Balaban J connectivity index is 2.97. The molecule has 16 heavy (non-hydrogen) atoms. The van der Waals surface area contributed by atoms with E-state index in [-0.39, 0.29) is 5.75 Å². The van der Waals surface area contributed by atoms with Gasteiger partial charge in [0.25, 0.3) is 0 Å². The van der Waals surface area contributed by atoms with Crippen LogP contribution in [-0.2, 0) is 4.79 Å². The molecular weight excluding hydrogens is 211 g/mol. The van der Waals surface area contributed by atoms with Gasteiger partial charge in [0.15, 0.2) is 11.6 Å². The minimum atomic E-state index is -1.08. The van der Waals surface area contributed by atoms with Crippen LogP contribution in [0.5, 0.6) is 5.75 Å². The van der Waals surface area contributed by atoms with Crippen LogP contribution in [-0.4, -0.2) is 17.7 Å². The highest BCUT2D eigenvalue weighted by atomic mass is 19.1. The number of ether oxygens (including phenoxy) is 1. The third-order valence-corrected chi connectivity index (χ3v) is 1.85. The number of halogens is 1. The fourth-order valence-electron chi connectivity index (χ4n) is 1.17. The molecule has 3 nitrogen and oxygen atoms in total. The third kappa shape index (κ3) is 3.38. The van der Waals surface area contributed by atoms with Gasteiger partial charge in [-0.3, -0.25) is 0 Å². The van der Waals surface area contributed by atoms with Crippen LogP contribution in [0.1, 0.15) is 18.9 Å². The molecule has 4 heteroatoms. The highest BCUT2D eigenvalue weighted by Crippen LogP contribution is 2.24. The number of benzene rings is 1. The predicted molar refractivity (Wildman–Crippen MR) is 58.9 cm³/mol. The Kier molecular flexibility index (Phi) is 4.51. The van der Waals surface area contributed by atoms with Gasteiger partial charge in [0.1, 0.15) is 0 Å². The van der Waals surface area contributed by atoms with Gasteiger partial charge < -0.3 is 9.84 Å². The van der Waals surface area contributed by atoms with Crippen molar-refractivity contribution < 1.29 is 19.0 Å². The summed E-state index contributed by atoms with van der Waals surface area (Å²) in [4.78, 5) is 10.4. The Morgan fingerprint density at radius 2 is 2.31 bits per heavy atom. The van der Waals surface area contributed by atoms with Crippen molar-refractivity contribution in [1.82, 2.24) is 0 Å². The van der Waals surface area contributed by atoms with Crippen LogP contribution in [0, 0.1) is 5.82 Å². The molecule has 0 saturated heterocycles. The van der Waals surface area contributed by atoms with Gasteiger partial charge in [0.2, 0.25) is 0 Å². The van der Waals surface area contributed by atoms with E-state index in [1.165, 1.54) is 18.2 Å². The van der Waals surface area contributed by atoms with E-state index in [0.717, 1.165) is 12.5 Å². The van der Waals surface area contributed by atoms with Crippen molar-refractivity contribution >= 4 is 12.0 Å². The molecule has 0 radical (unpaired) electrons. The van der Waals surface area contributed by atoms with Gasteiger partial charge in [-0.2, -0.15) is 0 Å². The summed E-state index contributed by atoms with van der Waals surface area (Å²) < 4.78 is 18.6. The third-order valence-electron chi connectivity index (χ3n) is 1.85. The zero-order valence-corrected chi connectivity index (χ0v) is 8.94. The van der Waals surface area contributed by atoms with Crippen molar-refractivity contribution in [3.05, 3.63) is 35.7 Å². The Morgan fingerprint density at radius 1 is 1.56 bits per heavy atom. The maximum Gasteiger partial charge on any atom is 0.328 e. The number of rotatable bonds is 5. The first-order valence-electron chi connectivity index (χ1n) is 4.97. The van der Waals surface area contributed by atoms with Gasteiger partial charge in [0.05, 0.1) is 6.61 Å². The first-order chi connectivity index (χ1) is 7.65. The van der Waals surface area contributed by atoms with Crippen molar-refractivity contribution in [2.45, 2.75) is 13.3 Å². The second kappa shape index (κ2) is 5.90. The molecule has 0 saturated carbocycles. The van der Waals surface area contributed by atoms with Crippen LogP contribution in [0.4, 0.5) is 4.39 Å². The maximum absolute atomic E-state index is 13.4. The van der Waals surface area contributed by atoms with Crippen molar-refractivity contribution in [3.63, 3.8) is 0 Å². The summed E-state index contributed by atoms with van der Waals surface area (Å²) >= 11 is 0. The first-order valence-corrected chi connectivity index (χ1v) is 4.97. The predicted octanol–water partition coefficient (Wildman–Crippen LogP) is 2.71. The number of hydrogen-bond donors (Lipinski definition) is 1. The molecule has 0 unspecified atom stereocenters. The molecule has 0 aliphatic rings. The molecule has 0 aliphatic carbocycles. The molecule has 0 heterocycles. The average Bonchev–Trinajstić information content (AvgIpc) is 2.25. The van der Waals surface area contributed by atoms with Crippen LogP contribution in [0.25, 0.3) is 6.08 Å². The zero-order valence-electron chi connectivity index (χ0n) is 8.94. The van der Waals surface area contributed by atoms with Crippen molar-refractivity contribution in [2.24, 2.45) is 0 Å². The van der Waals surface area contributed by atoms with E-state index in [0.29, 0.717) is 12.2 Å². The van der Waals surface area contributed by atoms with E-state index in [9.17, 15) is 9.18 Å². The topological polar surface area (TPSA) is 46.5 Å². The van der Waals surface area contributed by atoms with E-state index in [2.05, 4.69) is 0 Å². The Labute approximate surface area is 93.2 Å². The number of carboxylic acid groups (broad SMARTS) is 1. The number of carboxylic acids is 1. The zero-order chi connectivity index (χ0) is 12.0. The lowest BCUT2D eigenvalue weighted by molar-refractivity contribution is -0.131. The monoisotopic (exact) mass is 224 g/mol. The van der Waals surface area contributed by atoms with E-state index >= 15 is 0 Å². The lowest BCUT2D eigenvalue weighted by Crippen LogP contribution is -1.99. The second-order valence-electron chi connectivity index (χ2n) is 3.18. The standard InChI is InChI=1S/C12H13FO3/c1-2-8-16-12-9(6-7-11(14)15)4-3-5-10(12)13/h3-7H,2,8H2,1H3,(H,14,15)/b7-6+. The van der Waals surface area contributed by atoms with Crippen molar-refractivity contribution in [1.29, 1.82) is 0 Å². The summed E-state index contributed by atoms with van der Waals surface area (Å²) in [6, 6.07) is 4.40. The SMILES string of the molecule is CCCOc1c(F)cccc1/C=C/C(=O)O. The Hall–Kier alpha value is -1.84. The van der Waals surface area contributed by atoms with Gasteiger partial charge >= 0.3 is 5.97 Å². The summed E-state index contributed by atoms with van der Waals surface area (Å²) in [5.41, 5.74) is 0.427. The molecule has 0 aromatic heterocycles. The minimum absolute atomic E-state index is 0.0989. The normalized spacial score (nSPS) is 10.6. The van der Waals surface area contributed by atoms with E-state index in [1.54, 1.807) is 6.07 Å². The van der Waals surface area contributed by atoms with Crippen LogP contribution >= 0.6 is 0 Å². The molecule has 86 valence electrons. The molecule has 1 rings (SSSR count).